The van der Waals surface area contributed by atoms with Crippen LogP contribution in [0.15, 0.2) is 16.5 Å². The number of sulfonamides is 1. The molecule has 1 aromatic heterocycles. The molecule has 0 saturated carbocycles. The molecule has 21 heavy (non-hydrogen) atoms. The van der Waals surface area contributed by atoms with E-state index in [2.05, 4.69) is 5.32 Å². The van der Waals surface area contributed by atoms with Gasteiger partial charge in [0.25, 0.3) is 5.91 Å². The Balaban J connectivity index is 2.01. The second-order valence-electron chi connectivity index (χ2n) is 5.04. The Morgan fingerprint density at radius 3 is 2.71 bits per heavy atom. The van der Waals surface area contributed by atoms with Crippen molar-refractivity contribution in [3.05, 3.63) is 23.1 Å². The van der Waals surface area contributed by atoms with Gasteiger partial charge < -0.3 is 14.5 Å². The summed E-state index contributed by atoms with van der Waals surface area (Å²) in [6, 6.07) is 2.55. The number of furan rings is 1. The zero-order valence-electron chi connectivity index (χ0n) is 11.7. The zero-order valence-corrected chi connectivity index (χ0v) is 13.3. The molecule has 1 aliphatic heterocycles. The number of hydrogen-bond acceptors (Lipinski definition) is 5. The number of ether oxygens (including phenoxy) is 1. The van der Waals surface area contributed by atoms with Crippen LogP contribution in [0, 0.1) is 5.92 Å². The van der Waals surface area contributed by atoms with Gasteiger partial charge in [0.05, 0.1) is 25.0 Å². The number of amides is 1. The van der Waals surface area contributed by atoms with Gasteiger partial charge in [-0.25, -0.2) is 12.7 Å². The number of rotatable bonds is 5. The highest BCUT2D eigenvalue weighted by Gasteiger charge is 2.34. The Bertz CT molecular complexity index is 613. The van der Waals surface area contributed by atoms with Crippen LogP contribution < -0.4 is 5.32 Å². The molecule has 1 aromatic rings. The maximum Gasteiger partial charge on any atom is 0.287 e. The minimum Gasteiger partial charge on any atom is -0.440 e. The van der Waals surface area contributed by atoms with Crippen molar-refractivity contribution in [1.29, 1.82) is 0 Å². The molecule has 0 radical (unpaired) electrons. The van der Waals surface area contributed by atoms with Crippen LogP contribution in [0.5, 0.6) is 0 Å². The van der Waals surface area contributed by atoms with E-state index >= 15 is 0 Å². The molecule has 0 bridgehead atoms. The van der Waals surface area contributed by atoms with Gasteiger partial charge >= 0.3 is 0 Å². The number of halogens is 1. The normalized spacial score (nSPS) is 22.7. The molecule has 2 heterocycles. The van der Waals surface area contributed by atoms with Crippen LogP contribution in [-0.4, -0.2) is 57.7 Å². The van der Waals surface area contributed by atoms with Crippen molar-refractivity contribution in [3.8, 4) is 0 Å². The van der Waals surface area contributed by atoms with E-state index in [1.165, 1.54) is 26.2 Å². The lowest BCUT2D eigenvalue weighted by atomic mass is 10.1. The van der Waals surface area contributed by atoms with Crippen molar-refractivity contribution < 1.29 is 22.4 Å². The van der Waals surface area contributed by atoms with Crippen LogP contribution in [0.2, 0.25) is 5.22 Å². The molecule has 0 unspecified atom stereocenters. The van der Waals surface area contributed by atoms with Crippen LogP contribution in [0.1, 0.15) is 10.6 Å². The molecule has 2 atom stereocenters. The van der Waals surface area contributed by atoms with E-state index in [4.69, 9.17) is 20.8 Å². The number of carbonyl (C=O) groups is 1. The van der Waals surface area contributed by atoms with Gasteiger partial charge in [0.15, 0.2) is 11.0 Å². The Kier molecular flexibility index (Phi) is 4.92. The molecule has 1 saturated heterocycles. The van der Waals surface area contributed by atoms with Crippen molar-refractivity contribution in [1.82, 2.24) is 9.62 Å². The summed E-state index contributed by atoms with van der Waals surface area (Å²) in [6.07, 6.45) is 0. The largest absolute Gasteiger partial charge is 0.440 e. The molecule has 1 amide bonds. The third kappa shape index (κ3) is 3.97. The van der Waals surface area contributed by atoms with Gasteiger partial charge in [-0.3, -0.25) is 4.79 Å². The zero-order chi connectivity index (χ0) is 15.6. The first-order valence-electron chi connectivity index (χ1n) is 6.34. The first kappa shape index (κ1) is 16.3. The van der Waals surface area contributed by atoms with E-state index in [0.29, 0.717) is 0 Å². The fraction of sp³-hybridized carbons (Fsp3) is 0.583. The average Bonchev–Trinajstić information content (AvgIpc) is 2.99. The first-order valence-corrected chi connectivity index (χ1v) is 8.32. The minimum atomic E-state index is -3.35. The number of carbonyl (C=O) groups excluding carboxylic acids is 1. The van der Waals surface area contributed by atoms with Gasteiger partial charge in [0, 0.05) is 20.0 Å². The van der Waals surface area contributed by atoms with Gasteiger partial charge in [0.2, 0.25) is 10.0 Å². The van der Waals surface area contributed by atoms with Gasteiger partial charge in [-0.15, -0.1) is 0 Å². The predicted octanol–water partition coefficient (Wildman–Crippen LogP) is 0.569. The lowest BCUT2D eigenvalue weighted by Crippen LogP contribution is -2.43. The van der Waals surface area contributed by atoms with E-state index < -0.39 is 15.9 Å². The quantitative estimate of drug-likeness (QED) is 0.849. The van der Waals surface area contributed by atoms with Crippen molar-refractivity contribution in [2.75, 3.05) is 33.1 Å². The Morgan fingerprint density at radius 1 is 1.43 bits per heavy atom. The number of nitrogens with one attached hydrogen (secondary N) is 1. The predicted molar refractivity (Wildman–Crippen MR) is 76.8 cm³/mol. The molecule has 0 spiro atoms. The maximum atomic E-state index is 12.0. The van der Waals surface area contributed by atoms with Crippen LogP contribution in [0.25, 0.3) is 0 Å². The molecule has 2 rings (SSSR count). The van der Waals surface area contributed by atoms with Crippen molar-refractivity contribution in [2.24, 2.45) is 5.92 Å². The van der Waals surface area contributed by atoms with E-state index in [0.717, 1.165) is 4.31 Å². The molecule has 1 N–H and O–H groups in total. The summed E-state index contributed by atoms with van der Waals surface area (Å²) in [5.41, 5.74) is 0. The van der Waals surface area contributed by atoms with Crippen molar-refractivity contribution in [2.45, 2.75) is 6.04 Å². The third-order valence-electron chi connectivity index (χ3n) is 3.29. The average molecular weight is 337 g/mol. The Morgan fingerprint density at radius 2 is 2.14 bits per heavy atom. The summed E-state index contributed by atoms with van der Waals surface area (Å²) >= 11 is 5.62. The maximum absolute atomic E-state index is 12.0. The van der Waals surface area contributed by atoms with E-state index in [1.807, 2.05) is 0 Å². The molecule has 0 aromatic carbocycles. The van der Waals surface area contributed by atoms with Crippen LogP contribution in [0.4, 0.5) is 0 Å². The van der Waals surface area contributed by atoms with E-state index in [1.54, 1.807) is 0 Å². The summed E-state index contributed by atoms with van der Waals surface area (Å²) < 4.78 is 35.3. The third-order valence-corrected chi connectivity index (χ3v) is 5.46. The van der Waals surface area contributed by atoms with Crippen molar-refractivity contribution in [3.63, 3.8) is 0 Å². The van der Waals surface area contributed by atoms with Gasteiger partial charge in [-0.05, 0) is 23.7 Å². The topological polar surface area (TPSA) is 88.9 Å². The van der Waals surface area contributed by atoms with Gasteiger partial charge in [-0.1, -0.05) is 0 Å². The lowest BCUT2D eigenvalue weighted by molar-refractivity contribution is 0.0898. The number of nitrogens with zero attached hydrogens (tertiary/aromatic N) is 1. The Hall–Kier alpha value is -1.09. The minimum absolute atomic E-state index is 0.0795. The van der Waals surface area contributed by atoms with Gasteiger partial charge in [0.1, 0.15) is 0 Å². The second-order valence-corrected chi connectivity index (χ2v) is 7.64. The SMILES string of the molecule is CN(C)S(=O)(=O)C[C@@H]1COC[C@H]1NC(=O)c1ccc(Cl)o1. The molecule has 7 nitrogen and oxygen atoms in total. The van der Waals surface area contributed by atoms with Crippen molar-refractivity contribution >= 4 is 27.5 Å². The Labute approximate surface area is 128 Å². The lowest BCUT2D eigenvalue weighted by Gasteiger charge is -2.20. The molecule has 9 heteroatoms. The van der Waals surface area contributed by atoms with Crippen LogP contribution in [0.3, 0.4) is 0 Å². The molecule has 0 aliphatic carbocycles. The summed E-state index contributed by atoms with van der Waals surface area (Å²) in [5, 5.41) is 2.84. The highest BCUT2D eigenvalue weighted by Crippen LogP contribution is 2.19. The molecular weight excluding hydrogens is 320 g/mol. The summed E-state index contributed by atoms with van der Waals surface area (Å²) in [5.74, 6) is -0.735. The molecule has 118 valence electrons. The van der Waals surface area contributed by atoms with Gasteiger partial charge in [-0.2, -0.15) is 0 Å². The first-order chi connectivity index (χ1) is 9.79. The second kappa shape index (κ2) is 6.35. The molecule has 1 fully saturated rings. The smallest absolute Gasteiger partial charge is 0.287 e. The summed E-state index contributed by atoms with van der Waals surface area (Å²) in [4.78, 5) is 12.0. The monoisotopic (exact) mass is 336 g/mol. The van der Waals surface area contributed by atoms with E-state index in [9.17, 15) is 13.2 Å². The van der Waals surface area contributed by atoms with E-state index in [-0.39, 0.29) is 41.9 Å². The fourth-order valence-electron chi connectivity index (χ4n) is 2.02. The molecular formula is C12H17ClN2O5S. The van der Waals surface area contributed by atoms with Crippen LogP contribution in [-0.2, 0) is 14.8 Å². The standard InChI is InChI=1S/C12H17ClN2O5S/c1-15(2)21(17,18)7-8-5-19-6-9(8)14-12(16)10-3-4-11(13)20-10/h3-4,8-9H,5-7H2,1-2H3,(H,14,16)/t8-,9+/m0/s1. The fourth-order valence-corrected chi connectivity index (χ4v) is 3.33. The van der Waals surface area contributed by atoms with Crippen LogP contribution >= 0.6 is 11.6 Å². The molecule has 1 aliphatic rings. The summed E-state index contributed by atoms with van der Waals surface area (Å²) in [6.45, 7) is 0.560. The highest BCUT2D eigenvalue weighted by atomic mass is 35.5. The number of hydrogen-bond donors (Lipinski definition) is 1. The highest BCUT2D eigenvalue weighted by molar-refractivity contribution is 7.89. The summed E-state index contributed by atoms with van der Waals surface area (Å²) in [7, 11) is -0.402.